The lowest BCUT2D eigenvalue weighted by atomic mass is 10.2. The molecular weight excluding hydrogens is 211 g/mol. The summed E-state index contributed by atoms with van der Waals surface area (Å²) in [6.45, 7) is 2.47. The van der Waals surface area contributed by atoms with Crippen LogP contribution >= 0.6 is 23.2 Å². The van der Waals surface area contributed by atoms with Crippen molar-refractivity contribution >= 4 is 23.2 Å². The van der Waals surface area contributed by atoms with Gasteiger partial charge in [0.1, 0.15) is 0 Å². The van der Waals surface area contributed by atoms with Crippen molar-refractivity contribution in [3.8, 4) is 0 Å². The fourth-order valence-corrected chi connectivity index (χ4v) is 2.28. The maximum Gasteiger partial charge on any atom is 0.230 e. The van der Waals surface area contributed by atoms with Crippen LogP contribution in [0.15, 0.2) is 0 Å². The normalized spacial score (nSPS) is 25.4. The number of likely N-dealkylation sites (tertiary alicyclic amines) is 1. The van der Waals surface area contributed by atoms with Gasteiger partial charge in [0.15, 0.2) is 0 Å². The molecule has 3 nitrogen and oxygen atoms in total. The van der Waals surface area contributed by atoms with E-state index in [1.807, 2.05) is 0 Å². The van der Waals surface area contributed by atoms with Crippen LogP contribution in [0.2, 0.25) is 0 Å². The Labute approximate surface area is 88.8 Å². The molecule has 0 aromatic carbocycles. The van der Waals surface area contributed by atoms with Crippen LogP contribution in [0.4, 0.5) is 0 Å². The third-order valence-electron chi connectivity index (χ3n) is 2.41. The molecule has 0 aliphatic carbocycles. The molecule has 5 heteroatoms. The number of nitrogens with zero attached hydrogens (tertiary/aromatic N) is 1. The standard InChI is InChI=1S/C8H16Cl2N2O/c9-8(10,13)7-3-1-5-12(7)6-2-4-11/h7,13H,1-6,11H2/t7-/m1/s1. The van der Waals surface area contributed by atoms with E-state index in [1.165, 1.54) is 0 Å². The Hall–Kier alpha value is 0.460. The van der Waals surface area contributed by atoms with Gasteiger partial charge < -0.3 is 10.8 Å². The Balaban J connectivity index is 2.44. The minimum atomic E-state index is -1.62. The molecule has 1 fully saturated rings. The number of hydrogen-bond donors (Lipinski definition) is 2. The minimum absolute atomic E-state index is 0.137. The first-order chi connectivity index (χ1) is 6.05. The van der Waals surface area contributed by atoms with Gasteiger partial charge in [-0.3, -0.25) is 4.90 Å². The van der Waals surface area contributed by atoms with E-state index in [9.17, 15) is 5.11 Å². The van der Waals surface area contributed by atoms with E-state index in [0.29, 0.717) is 6.54 Å². The molecule has 0 spiro atoms. The number of hydrogen-bond acceptors (Lipinski definition) is 3. The summed E-state index contributed by atoms with van der Waals surface area (Å²) in [7, 11) is 0. The molecule has 1 aliphatic heterocycles. The molecule has 0 aromatic rings. The summed E-state index contributed by atoms with van der Waals surface area (Å²) in [5, 5.41) is 9.45. The lowest BCUT2D eigenvalue weighted by Gasteiger charge is -2.29. The molecule has 1 heterocycles. The molecule has 0 radical (unpaired) electrons. The van der Waals surface area contributed by atoms with Crippen LogP contribution in [-0.4, -0.2) is 40.2 Å². The van der Waals surface area contributed by atoms with E-state index >= 15 is 0 Å². The zero-order valence-corrected chi connectivity index (χ0v) is 9.06. The molecule has 0 aromatic heterocycles. The van der Waals surface area contributed by atoms with Crippen LogP contribution in [0.25, 0.3) is 0 Å². The number of aliphatic hydroxyl groups is 1. The molecule has 1 saturated heterocycles. The summed E-state index contributed by atoms with van der Waals surface area (Å²) in [6, 6.07) is -0.137. The average molecular weight is 227 g/mol. The number of halogens is 2. The Morgan fingerprint density at radius 1 is 1.54 bits per heavy atom. The average Bonchev–Trinajstić information content (AvgIpc) is 2.47. The second-order valence-corrected chi connectivity index (χ2v) is 4.77. The van der Waals surface area contributed by atoms with Crippen molar-refractivity contribution in [1.29, 1.82) is 0 Å². The van der Waals surface area contributed by atoms with Crippen molar-refractivity contribution in [2.75, 3.05) is 19.6 Å². The highest BCUT2D eigenvalue weighted by Crippen LogP contribution is 2.32. The highest BCUT2D eigenvalue weighted by molar-refractivity contribution is 6.47. The summed E-state index contributed by atoms with van der Waals surface area (Å²) in [6.07, 6.45) is 2.81. The van der Waals surface area contributed by atoms with Gasteiger partial charge in [0.05, 0.1) is 6.04 Å². The van der Waals surface area contributed by atoms with Gasteiger partial charge in [0.25, 0.3) is 0 Å². The highest BCUT2D eigenvalue weighted by atomic mass is 35.5. The van der Waals surface area contributed by atoms with Crippen LogP contribution in [0.3, 0.4) is 0 Å². The van der Waals surface area contributed by atoms with Gasteiger partial charge in [-0.1, -0.05) is 23.2 Å². The van der Waals surface area contributed by atoms with Crippen molar-refractivity contribution in [2.24, 2.45) is 5.73 Å². The van der Waals surface area contributed by atoms with Crippen molar-refractivity contribution in [3.63, 3.8) is 0 Å². The van der Waals surface area contributed by atoms with Crippen LogP contribution in [0.5, 0.6) is 0 Å². The van der Waals surface area contributed by atoms with E-state index in [1.54, 1.807) is 0 Å². The summed E-state index contributed by atoms with van der Waals surface area (Å²) < 4.78 is -1.62. The monoisotopic (exact) mass is 226 g/mol. The van der Waals surface area contributed by atoms with Gasteiger partial charge in [0, 0.05) is 0 Å². The third-order valence-corrected chi connectivity index (χ3v) is 2.92. The minimum Gasteiger partial charge on any atom is -0.361 e. The summed E-state index contributed by atoms with van der Waals surface area (Å²) in [5.74, 6) is 0. The predicted molar refractivity (Wildman–Crippen MR) is 54.9 cm³/mol. The Kier molecular flexibility index (Phi) is 4.26. The smallest absolute Gasteiger partial charge is 0.230 e. The molecule has 1 rings (SSSR count). The Morgan fingerprint density at radius 3 is 2.77 bits per heavy atom. The Morgan fingerprint density at radius 2 is 2.23 bits per heavy atom. The molecule has 0 unspecified atom stereocenters. The zero-order valence-electron chi connectivity index (χ0n) is 7.55. The fourth-order valence-electron chi connectivity index (χ4n) is 1.78. The number of nitrogens with two attached hydrogens (primary N) is 1. The van der Waals surface area contributed by atoms with Gasteiger partial charge >= 0.3 is 0 Å². The van der Waals surface area contributed by atoms with E-state index in [-0.39, 0.29) is 6.04 Å². The summed E-state index contributed by atoms with van der Waals surface area (Å²) >= 11 is 11.3. The van der Waals surface area contributed by atoms with Crippen LogP contribution in [0, 0.1) is 0 Å². The molecule has 0 amide bonds. The molecule has 3 N–H and O–H groups in total. The topological polar surface area (TPSA) is 49.5 Å². The molecule has 0 saturated carbocycles. The van der Waals surface area contributed by atoms with E-state index in [2.05, 4.69) is 4.90 Å². The van der Waals surface area contributed by atoms with E-state index < -0.39 is 4.52 Å². The van der Waals surface area contributed by atoms with E-state index in [4.69, 9.17) is 28.9 Å². The van der Waals surface area contributed by atoms with E-state index in [0.717, 1.165) is 32.4 Å². The lowest BCUT2D eigenvalue weighted by molar-refractivity contribution is 0.0992. The van der Waals surface area contributed by atoms with Gasteiger partial charge in [0.2, 0.25) is 4.52 Å². The SMILES string of the molecule is NCCCN1CCC[C@@H]1C(O)(Cl)Cl. The molecule has 1 aliphatic rings. The Bertz CT molecular complexity index is 161. The van der Waals surface area contributed by atoms with Gasteiger partial charge in [-0.2, -0.15) is 0 Å². The first-order valence-electron chi connectivity index (χ1n) is 4.60. The van der Waals surface area contributed by atoms with Crippen molar-refractivity contribution in [3.05, 3.63) is 0 Å². The van der Waals surface area contributed by atoms with Gasteiger partial charge in [-0.15, -0.1) is 0 Å². The summed E-state index contributed by atoms with van der Waals surface area (Å²) in [4.78, 5) is 2.10. The lowest BCUT2D eigenvalue weighted by Crippen LogP contribution is -2.43. The van der Waals surface area contributed by atoms with Crippen molar-refractivity contribution in [2.45, 2.75) is 29.8 Å². The van der Waals surface area contributed by atoms with Crippen LogP contribution in [0.1, 0.15) is 19.3 Å². The summed E-state index contributed by atoms with van der Waals surface area (Å²) in [5.41, 5.74) is 5.41. The highest BCUT2D eigenvalue weighted by Gasteiger charge is 2.39. The largest absolute Gasteiger partial charge is 0.361 e. The van der Waals surface area contributed by atoms with Crippen molar-refractivity contribution in [1.82, 2.24) is 4.90 Å². The fraction of sp³-hybridized carbons (Fsp3) is 1.00. The molecule has 78 valence electrons. The number of alkyl halides is 2. The van der Waals surface area contributed by atoms with Gasteiger partial charge in [-0.25, -0.2) is 0 Å². The van der Waals surface area contributed by atoms with Crippen LogP contribution in [-0.2, 0) is 0 Å². The quantitative estimate of drug-likeness (QED) is 0.702. The third kappa shape index (κ3) is 3.26. The predicted octanol–water partition coefficient (Wildman–Crippen LogP) is 0.923. The maximum atomic E-state index is 9.45. The first-order valence-corrected chi connectivity index (χ1v) is 5.35. The zero-order chi connectivity index (χ0) is 9.90. The van der Waals surface area contributed by atoms with Gasteiger partial charge in [-0.05, 0) is 38.9 Å². The maximum absolute atomic E-state index is 9.45. The molecule has 1 atom stereocenters. The number of rotatable bonds is 4. The molecular formula is C8H16Cl2N2O. The van der Waals surface area contributed by atoms with Crippen LogP contribution < -0.4 is 5.73 Å². The van der Waals surface area contributed by atoms with Crippen molar-refractivity contribution < 1.29 is 5.11 Å². The second kappa shape index (κ2) is 4.80. The second-order valence-electron chi connectivity index (χ2n) is 3.42. The first kappa shape index (κ1) is 11.5. The molecule has 0 bridgehead atoms. The molecule has 13 heavy (non-hydrogen) atoms.